The topological polar surface area (TPSA) is 114 Å². The Balaban J connectivity index is 1.68. The summed E-state index contributed by atoms with van der Waals surface area (Å²) in [6, 6.07) is 6.98. The number of amides is 2. The zero-order valence-corrected chi connectivity index (χ0v) is 18.9. The Morgan fingerprint density at radius 2 is 1.90 bits per heavy atom. The van der Waals surface area contributed by atoms with Crippen molar-refractivity contribution in [3.63, 3.8) is 0 Å². The van der Waals surface area contributed by atoms with E-state index in [9.17, 15) is 9.59 Å². The summed E-state index contributed by atoms with van der Waals surface area (Å²) >= 11 is 1.57. The SMILES string of the molecule is CCSc1nc(NC(C)C)c2cnn(CCNC(=O)c3ccc(NC(C)=O)cc3)c2n1. The van der Waals surface area contributed by atoms with Crippen LogP contribution in [0.1, 0.15) is 38.1 Å². The van der Waals surface area contributed by atoms with Gasteiger partial charge in [-0.15, -0.1) is 0 Å². The number of nitrogens with zero attached hydrogens (tertiary/aromatic N) is 4. The molecule has 0 fully saturated rings. The molecule has 9 nitrogen and oxygen atoms in total. The van der Waals surface area contributed by atoms with Gasteiger partial charge in [-0.1, -0.05) is 18.7 Å². The molecule has 2 amide bonds. The van der Waals surface area contributed by atoms with Crippen molar-refractivity contribution in [3.05, 3.63) is 36.0 Å². The number of hydrogen-bond acceptors (Lipinski definition) is 7. The quantitative estimate of drug-likeness (QED) is 0.345. The van der Waals surface area contributed by atoms with E-state index in [4.69, 9.17) is 0 Å². The lowest BCUT2D eigenvalue weighted by atomic mass is 10.2. The summed E-state index contributed by atoms with van der Waals surface area (Å²) in [5.41, 5.74) is 1.91. The second-order valence-corrected chi connectivity index (χ2v) is 8.44. The van der Waals surface area contributed by atoms with E-state index in [2.05, 4.69) is 51.8 Å². The van der Waals surface area contributed by atoms with Gasteiger partial charge in [0.2, 0.25) is 5.91 Å². The Morgan fingerprint density at radius 1 is 1.16 bits per heavy atom. The number of carbonyl (C=O) groups is 2. The van der Waals surface area contributed by atoms with Crippen LogP contribution in [-0.2, 0) is 11.3 Å². The summed E-state index contributed by atoms with van der Waals surface area (Å²) in [6.07, 6.45) is 1.75. The second kappa shape index (κ2) is 10.3. The highest BCUT2D eigenvalue weighted by molar-refractivity contribution is 7.99. The molecule has 0 aliphatic carbocycles. The van der Waals surface area contributed by atoms with Crippen LogP contribution in [0.3, 0.4) is 0 Å². The van der Waals surface area contributed by atoms with Gasteiger partial charge >= 0.3 is 0 Å². The average Bonchev–Trinajstić information content (AvgIpc) is 3.11. The first kappa shape index (κ1) is 22.5. The van der Waals surface area contributed by atoms with Gasteiger partial charge in [-0.25, -0.2) is 14.6 Å². The standard InChI is InChI=1S/C21H27N7O2S/c1-5-31-21-26-18(24-13(2)3)17-12-23-28(19(17)27-21)11-10-22-20(30)15-6-8-16(9-7-15)25-14(4)29/h6-9,12-13H,5,10-11H2,1-4H3,(H,22,30)(H,25,29)(H,24,26,27). The molecule has 1 aromatic carbocycles. The number of fused-ring (bicyclic) bond motifs is 1. The maximum Gasteiger partial charge on any atom is 0.251 e. The summed E-state index contributed by atoms with van der Waals surface area (Å²) in [5.74, 6) is 1.30. The number of benzene rings is 1. The van der Waals surface area contributed by atoms with Crippen LogP contribution in [0.2, 0.25) is 0 Å². The number of thioether (sulfide) groups is 1. The highest BCUT2D eigenvalue weighted by Crippen LogP contribution is 2.24. The fourth-order valence-electron chi connectivity index (χ4n) is 2.96. The molecule has 2 aromatic heterocycles. The van der Waals surface area contributed by atoms with Gasteiger partial charge < -0.3 is 16.0 Å². The van der Waals surface area contributed by atoms with Crippen LogP contribution in [0.4, 0.5) is 11.5 Å². The Kier molecular flexibility index (Phi) is 7.45. The molecular formula is C21H27N7O2S. The fourth-order valence-corrected chi connectivity index (χ4v) is 3.53. The number of anilines is 2. The van der Waals surface area contributed by atoms with E-state index in [0.29, 0.717) is 29.5 Å². The first-order valence-electron chi connectivity index (χ1n) is 10.2. The van der Waals surface area contributed by atoms with Crippen LogP contribution in [0, 0.1) is 0 Å². The largest absolute Gasteiger partial charge is 0.367 e. The van der Waals surface area contributed by atoms with Gasteiger partial charge in [-0.2, -0.15) is 5.10 Å². The van der Waals surface area contributed by atoms with Gasteiger partial charge in [0.1, 0.15) is 5.82 Å². The molecule has 0 bridgehead atoms. The molecule has 0 aliphatic heterocycles. The molecule has 0 saturated heterocycles. The van der Waals surface area contributed by atoms with E-state index < -0.39 is 0 Å². The molecular weight excluding hydrogens is 414 g/mol. The number of rotatable bonds is 9. The van der Waals surface area contributed by atoms with E-state index in [1.54, 1.807) is 46.9 Å². The van der Waals surface area contributed by atoms with Crippen LogP contribution >= 0.6 is 11.8 Å². The third kappa shape index (κ3) is 5.94. The van der Waals surface area contributed by atoms with Crippen molar-refractivity contribution in [1.82, 2.24) is 25.1 Å². The summed E-state index contributed by atoms with van der Waals surface area (Å²) in [7, 11) is 0. The summed E-state index contributed by atoms with van der Waals surface area (Å²) < 4.78 is 1.78. The molecule has 10 heteroatoms. The monoisotopic (exact) mass is 441 g/mol. The van der Waals surface area contributed by atoms with Crippen molar-refractivity contribution in [3.8, 4) is 0 Å². The average molecular weight is 442 g/mol. The third-order valence-corrected chi connectivity index (χ3v) is 4.98. The van der Waals surface area contributed by atoms with E-state index in [0.717, 1.165) is 22.6 Å². The number of nitrogens with one attached hydrogen (secondary N) is 3. The first-order chi connectivity index (χ1) is 14.9. The molecule has 0 atom stereocenters. The molecule has 164 valence electrons. The van der Waals surface area contributed by atoms with Crippen molar-refractivity contribution >= 4 is 46.1 Å². The predicted octanol–water partition coefficient (Wildman–Crippen LogP) is 3.15. The summed E-state index contributed by atoms with van der Waals surface area (Å²) in [5, 5.41) is 14.9. The molecule has 31 heavy (non-hydrogen) atoms. The Morgan fingerprint density at radius 3 is 2.55 bits per heavy atom. The van der Waals surface area contributed by atoms with E-state index in [-0.39, 0.29) is 17.9 Å². The van der Waals surface area contributed by atoms with E-state index >= 15 is 0 Å². The van der Waals surface area contributed by atoms with E-state index in [1.165, 1.54) is 6.92 Å². The molecule has 3 N–H and O–H groups in total. The first-order valence-corrected chi connectivity index (χ1v) is 11.1. The minimum Gasteiger partial charge on any atom is -0.367 e. The Labute approximate surface area is 185 Å². The zero-order valence-electron chi connectivity index (χ0n) is 18.1. The molecule has 0 radical (unpaired) electrons. The van der Waals surface area contributed by atoms with E-state index in [1.807, 2.05) is 0 Å². The van der Waals surface area contributed by atoms with Crippen LogP contribution in [0.15, 0.2) is 35.6 Å². The Hall–Kier alpha value is -3.14. The highest BCUT2D eigenvalue weighted by Gasteiger charge is 2.14. The fraction of sp³-hybridized carbons (Fsp3) is 0.381. The summed E-state index contributed by atoms with van der Waals surface area (Å²) in [6.45, 7) is 8.50. The van der Waals surface area contributed by atoms with Crippen molar-refractivity contribution in [2.45, 2.75) is 45.4 Å². The molecule has 3 aromatic rings. The third-order valence-electron chi connectivity index (χ3n) is 4.25. The number of hydrogen-bond donors (Lipinski definition) is 3. The van der Waals surface area contributed by atoms with Gasteiger partial charge in [0.25, 0.3) is 5.91 Å². The molecule has 0 unspecified atom stereocenters. The molecule has 0 saturated carbocycles. The minimum atomic E-state index is -0.190. The normalized spacial score (nSPS) is 11.0. The van der Waals surface area contributed by atoms with Crippen molar-refractivity contribution in [1.29, 1.82) is 0 Å². The second-order valence-electron chi connectivity index (χ2n) is 7.21. The smallest absolute Gasteiger partial charge is 0.251 e. The van der Waals surface area contributed by atoms with Crippen molar-refractivity contribution < 1.29 is 9.59 Å². The molecule has 2 heterocycles. The lowest BCUT2D eigenvalue weighted by Crippen LogP contribution is -2.27. The van der Waals surface area contributed by atoms with Gasteiger partial charge in [0.05, 0.1) is 18.1 Å². The zero-order chi connectivity index (χ0) is 22.4. The molecule has 0 aliphatic rings. The molecule has 3 rings (SSSR count). The van der Waals surface area contributed by atoms with Crippen molar-refractivity contribution in [2.75, 3.05) is 22.9 Å². The van der Waals surface area contributed by atoms with Crippen molar-refractivity contribution in [2.24, 2.45) is 0 Å². The predicted molar refractivity (Wildman–Crippen MR) is 124 cm³/mol. The van der Waals surface area contributed by atoms with Gasteiger partial charge in [-0.3, -0.25) is 9.59 Å². The lowest BCUT2D eigenvalue weighted by Gasteiger charge is -2.12. The Bertz CT molecular complexity index is 1060. The lowest BCUT2D eigenvalue weighted by molar-refractivity contribution is -0.114. The minimum absolute atomic E-state index is 0.153. The van der Waals surface area contributed by atoms with Crippen LogP contribution in [0.25, 0.3) is 11.0 Å². The molecule has 0 spiro atoms. The number of aromatic nitrogens is 4. The van der Waals surface area contributed by atoms with Crippen LogP contribution in [0.5, 0.6) is 0 Å². The maximum atomic E-state index is 12.4. The maximum absolute atomic E-state index is 12.4. The van der Waals surface area contributed by atoms with Gasteiger partial charge in [0.15, 0.2) is 10.8 Å². The highest BCUT2D eigenvalue weighted by atomic mass is 32.2. The van der Waals surface area contributed by atoms with Gasteiger partial charge in [0, 0.05) is 30.8 Å². The summed E-state index contributed by atoms with van der Waals surface area (Å²) in [4.78, 5) is 32.8. The van der Waals surface area contributed by atoms with Gasteiger partial charge in [-0.05, 0) is 43.9 Å². The van der Waals surface area contributed by atoms with Crippen LogP contribution < -0.4 is 16.0 Å². The number of carbonyl (C=O) groups excluding carboxylic acids is 2. The van der Waals surface area contributed by atoms with Crippen LogP contribution in [-0.4, -0.2) is 49.9 Å².